The third kappa shape index (κ3) is 5.48. The second kappa shape index (κ2) is 10.7. The highest BCUT2D eigenvalue weighted by Gasteiger charge is 2.28. The van der Waals surface area contributed by atoms with Crippen LogP contribution in [0.25, 0.3) is 0 Å². The van der Waals surface area contributed by atoms with Crippen LogP contribution >= 0.6 is 22.6 Å². The van der Waals surface area contributed by atoms with E-state index in [1.807, 2.05) is 62.4 Å². The Morgan fingerprint density at radius 3 is 2.49 bits per heavy atom. The Kier molecular flexibility index (Phi) is 7.71. The monoisotopic (exact) mass is 584 g/mol. The zero-order valence-electron chi connectivity index (χ0n) is 20.0. The summed E-state index contributed by atoms with van der Waals surface area (Å²) in [5.74, 6) is 0.191. The van der Waals surface area contributed by atoms with E-state index in [-0.39, 0.29) is 24.1 Å². The fraction of sp³-hybridized carbons (Fsp3) is 0.296. The van der Waals surface area contributed by atoms with Crippen molar-refractivity contribution < 1.29 is 9.90 Å². The fourth-order valence-corrected chi connectivity index (χ4v) is 4.59. The number of aliphatic hydroxyl groups is 1. The molecule has 2 unspecified atom stereocenters. The molecule has 0 bridgehead atoms. The molecule has 3 aromatic rings. The van der Waals surface area contributed by atoms with Gasteiger partial charge in [-0.3, -0.25) is 14.2 Å². The Labute approximate surface area is 218 Å². The molecular weight excluding hydrogens is 555 g/mol. The molecule has 2 atom stereocenters. The minimum atomic E-state index is -1.09. The first kappa shape index (κ1) is 25.1. The number of nitrogens with one attached hydrogen (secondary N) is 1. The van der Waals surface area contributed by atoms with Crippen molar-refractivity contribution in [1.82, 2.24) is 14.5 Å². The molecule has 8 heteroatoms. The largest absolute Gasteiger partial charge is 0.373 e. The van der Waals surface area contributed by atoms with Gasteiger partial charge in [0.2, 0.25) is 5.95 Å². The number of rotatable bonds is 6. The molecule has 0 aliphatic carbocycles. The summed E-state index contributed by atoms with van der Waals surface area (Å²) in [5.41, 5.74) is 3.45. The highest BCUT2D eigenvalue weighted by atomic mass is 127. The van der Waals surface area contributed by atoms with Crippen molar-refractivity contribution in [2.45, 2.75) is 46.0 Å². The molecule has 1 amide bonds. The van der Waals surface area contributed by atoms with E-state index in [0.717, 1.165) is 14.7 Å². The fourth-order valence-electron chi connectivity index (χ4n) is 4.24. The average molecular weight is 584 g/mol. The van der Waals surface area contributed by atoms with Crippen LogP contribution in [0.5, 0.6) is 0 Å². The van der Waals surface area contributed by atoms with Crippen LogP contribution in [0, 0.1) is 10.5 Å². The van der Waals surface area contributed by atoms with Gasteiger partial charge in [-0.1, -0.05) is 42.0 Å². The molecule has 0 saturated heterocycles. The van der Waals surface area contributed by atoms with Crippen molar-refractivity contribution in [3.05, 3.63) is 103 Å². The van der Waals surface area contributed by atoms with E-state index >= 15 is 0 Å². The van der Waals surface area contributed by atoms with Crippen LogP contribution in [0.2, 0.25) is 0 Å². The van der Waals surface area contributed by atoms with Gasteiger partial charge >= 0.3 is 0 Å². The van der Waals surface area contributed by atoms with Gasteiger partial charge in [0, 0.05) is 22.1 Å². The van der Waals surface area contributed by atoms with Crippen LogP contribution in [0.1, 0.15) is 58.9 Å². The Balaban J connectivity index is 1.67. The Morgan fingerprint density at radius 2 is 1.86 bits per heavy atom. The minimum Gasteiger partial charge on any atom is -0.373 e. The van der Waals surface area contributed by atoms with E-state index in [1.165, 1.54) is 11.5 Å². The molecule has 1 aromatic heterocycles. The Bertz CT molecular complexity index is 1300. The van der Waals surface area contributed by atoms with E-state index in [2.05, 4.69) is 27.9 Å². The number of hydrogen-bond acceptors (Lipinski definition) is 5. The summed E-state index contributed by atoms with van der Waals surface area (Å²) in [6.07, 6.45) is 3.30. The van der Waals surface area contributed by atoms with Crippen LogP contribution in [0.15, 0.2) is 65.5 Å². The number of fused-ring (bicyclic) bond motifs is 1. The number of carbonyl (C=O) groups is 1. The normalized spacial score (nSPS) is 15.1. The number of aromatic nitrogens is 2. The van der Waals surface area contributed by atoms with Crippen LogP contribution in [0.4, 0.5) is 5.95 Å². The Hall–Kier alpha value is -2.98. The molecule has 7 nitrogen and oxygen atoms in total. The third-order valence-electron chi connectivity index (χ3n) is 6.12. The number of anilines is 1. The molecule has 1 aliphatic heterocycles. The smallest absolute Gasteiger partial charge is 0.262 e. The van der Waals surface area contributed by atoms with E-state index < -0.39 is 6.23 Å². The molecule has 182 valence electrons. The average Bonchev–Trinajstić information content (AvgIpc) is 2.84. The number of aliphatic hydroxyl groups excluding tert-OH is 1. The number of benzene rings is 2. The number of halogens is 1. The molecule has 1 aliphatic rings. The molecule has 2 heterocycles. The highest BCUT2D eigenvalue weighted by molar-refractivity contribution is 14.1. The number of carbonyl (C=O) groups excluding carboxylic acids is 1. The molecular formula is C27H29IN4O3. The van der Waals surface area contributed by atoms with Gasteiger partial charge < -0.3 is 15.3 Å². The second-order valence-electron chi connectivity index (χ2n) is 8.71. The molecule has 35 heavy (non-hydrogen) atoms. The van der Waals surface area contributed by atoms with Gasteiger partial charge in [-0.25, -0.2) is 4.98 Å². The summed E-state index contributed by atoms with van der Waals surface area (Å²) in [6.45, 7) is 6.08. The summed E-state index contributed by atoms with van der Waals surface area (Å²) in [7, 11) is 0. The molecule has 0 saturated carbocycles. The van der Waals surface area contributed by atoms with Crippen molar-refractivity contribution >= 4 is 34.4 Å². The SMILES string of the molecule is C/C=C/C(Nc1nc2c(c(=O)n1C(C)O)CN(C(=O)c1ccc(C)cc1)CC2)c1ccc(I)cc1. The molecule has 2 N–H and O–H groups in total. The van der Waals surface area contributed by atoms with E-state index in [1.54, 1.807) is 17.0 Å². The number of amides is 1. The zero-order chi connectivity index (χ0) is 25.1. The third-order valence-corrected chi connectivity index (χ3v) is 6.84. The lowest BCUT2D eigenvalue weighted by atomic mass is 10.0. The molecule has 2 aromatic carbocycles. The van der Waals surface area contributed by atoms with E-state index in [4.69, 9.17) is 4.98 Å². The first-order chi connectivity index (χ1) is 16.8. The van der Waals surface area contributed by atoms with Crippen molar-refractivity contribution in [1.29, 1.82) is 0 Å². The van der Waals surface area contributed by atoms with Crippen LogP contribution in [-0.4, -0.2) is 32.0 Å². The summed E-state index contributed by atoms with van der Waals surface area (Å²) in [4.78, 5) is 33.0. The summed E-state index contributed by atoms with van der Waals surface area (Å²) in [6, 6.07) is 15.3. The molecule has 0 radical (unpaired) electrons. The second-order valence-corrected chi connectivity index (χ2v) is 9.96. The van der Waals surface area contributed by atoms with Crippen LogP contribution < -0.4 is 10.9 Å². The van der Waals surface area contributed by atoms with Crippen LogP contribution in [0.3, 0.4) is 0 Å². The Morgan fingerprint density at radius 1 is 1.17 bits per heavy atom. The van der Waals surface area contributed by atoms with Gasteiger partial charge in [0.1, 0.15) is 6.23 Å². The lowest BCUT2D eigenvalue weighted by molar-refractivity contribution is 0.0730. The van der Waals surface area contributed by atoms with Gasteiger partial charge in [-0.05, 0) is 73.2 Å². The molecule has 0 fully saturated rings. The van der Waals surface area contributed by atoms with E-state index in [9.17, 15) is 14.7 Å². The highest BCUT2D eigenvalue weighted by Crippen LogP contribution is 2.25. The van der Waals surface area contributed by atoms with Gasteiger partial charge in [0.25, 0.3) is 11.5 Å². The lowest BCUT2D eigenvalue weighted by Gasteiger charge is -2.30. The predicted molar refractivity (Wildman–Crippen MR) is 145 cm³/mol. The van der Waals surface area contributed by atoms with E-state index in [0.29, 0.717) is 35.7 Å². The van der Waals surface area contributed by atoms with Crippen molar-refractivity contribution in [2.75, 3.05) is 11.9 Å². The van der Waals surface area contributed by atoms with Crippen LogP contribution in [-0.2, 0) is 13.0 Å². The number of allylic oxidation sites excluding steroid dienone is 1. The standard InChI is InChI=1S/C27H29IN4O3/c1-4-5-23(19-10-12-21(28)13-11-19)29-27-30-24-14-15-31(16-22(24)26(35)32(27)18(3)33)25(34)20-8-6-17(2)7-9-20/h4-13,18,23,33H,14-16H2,1-3H3,(H,29,30)/b5-4+. The molecule has 4 rings (SSSR count). The van der Waals surface area contributed by atoms with Crippen molar-refractivity contribution in [3.63, 3.8) is 0 Å². The minimum absolute atomic E-state index is 0.118. The van der Waals surface area contributed by atoms with Gasteiger partial charge in [0.05, 0.1) is 23.8 Å². The zero-order valence-corrected chi connectivity index (χ0v) is 22.2. The topological polar surface area (TPSA) is 87.5 Å². The summed E-state index contributed by atoms with van der Waals surface area (Å²) in [5, 5.41) is 13.8. The first-order valence-corrected chi connectivity index (χ1v) is 12.7. The maximum atomic E-state index is 13.5. The maximum absolute atomic E-state index is 13.5. The number of aryl methyl sites for hydroxylation is 1. The molecule has 0 spiro atoms. The quantitative estimate of drug-likeness (QED) is 0.327. The van der Waals surface area contributed by atoms with Gasteiger partial charge in [-0.2, -0.15) is 0 Å². The maximum Gasteiger partial charge on any atom is 0.262 e. The predicted octanol–water partition coefficient (Wildman–Crippen LogP) is 4.59. The van der Waals surface area contributed by atoms with Gasteiger partial charge in [-0.15, -0.1) is 0 Å². The van der Waals surface area contributed by atoms with Crippen molar-refractivity contribution in [3.8, 4) is 0 Å². The van der Waals surface area contributed by atoms with Gasteiger partial charge in [0.15, 0.2) is 0 Å². The lowest BCUT2D eigenvalue weighted by Crippen LogP contribution is -2.42. The number of nitrogens with zero attached hydrogens (tertiary/aromatic N) is 3. The van der Waals surface area contributed by atoms with Crippen molar-refractivity contribution in [2.24, 2.45) is 0 Å². The summed E-state index contributed by atoms with van der Waals surface area (Å²) < 4.78 is 2.39. The first-order valence-electron chi connectivity index (χ1n) is 11.6. The number of hydrogen-bond donors (Lipinski definition) is 2. The summed E-state index contributed by atoms with van der Waals surface area (Å²) >= 11 is 2.26.